The molecule has 0 bridgehead atoms. The van der Waals surface area contributed by atoms with Gasteiger partial charge in [-0.05, 0) is 61.4 Å². The lowest BCUT2D eigenvalue weighted by atomic mass is 10.1. The molecule has 1 aromatic heterocycles. The number of nitrogens with zero attached hydrogens (tertiary/aromatic N) is 1. The Balaban J connectivity index is 1.55. The van der Waals surface area contributed by atoms with E-state index in [1.54, 1.807) is 18.3 Å². The zero-order valence-electron chi connectivity index (χ0n) is 15.0. The summed E-state index contributed by atoms with van der Waals surface area (Å²) in [5, 5.41) is 2.51. The van der Waals surface area contributed by atoms with Gasteiger partial charge < -0.3 is 11.1 Å². The van der Waals surface area contributed by atoms with Gasteiger partial charge in [0.15, 0.2) is 9.84 Å². The van der Waals surface area contributed by atoms with E-state index in [4.69, 9.17) is 5.73 Å². The third kappa shape index (κ3) is 3.61. The van der Waals surface area contributed by atoms with Gasteiger partial charge in [0.25, 0.3) is 5.91 Å². The number of rotatable bonds is 5. The number of sulfone groups is 1. The Labute approximate surface area is 163 Å². The first-order valence-corrected chi connectivity index (χ1v) is 10.5. The van der Waals surface area contributed by atoms with Crippen LogP contribution in [0.25, 0.3) is 11.3 Å². The quantitative estimate of drug-likeness (QED) is 0.646. The fourth-order valence-corrected chi connectivity index (χ4v) is 4.58. The summed E-state index contributed by atoms with van der Waals surface area (Å²) >= 11 is 0. The fraction of sp³-hybridized carbons (Fsp3) is 0.143. The Bertz CT molecular complexity index is 1120. The molecule has 1 aliphatic carbocycles. The van der Waals surface area contributed by atoms with Crippen LogP contribution in [0.5, 0.6) is 0 Å². The molecule has 142 valence electrons. The average molecular weight is 393 g/mol. The van der Waals surface area contributed by atoms with Crippen molar-refractivity contribution in [2.75, 3.05) is 11.1 Å². The number of nitrogens with one attached hydrogen (secondary N) is 1. The van der Waals surface area contributed by atoms with Crippen molar-refractivity contribution >= 4 is 27.1 Å². The van der Waals surface area contributed by atoms with Gasteiger partial charge in [0.05, 0.1) is 27.2 Å². The van der Waals surface area contributed by atoms with Crippen molar-refractivity contribution in [3.8, 4) is 11.3 Å². The molecule has 1 saturated carbocycles. The van der Waals surface area contributed by atoms with Crippen LogP contribution in [-0.4, -0.2) is 24.6 Å². The number of hydrogen-bond acceptors (Lipinski definition) is 5. The van der Waals surface area contributed by atoms with Crippen LogP contribution in [0.3, 0.4) is 0 Å². The second-order valence-electron chi connectivity index (χ2n) is 6.74. The van der Waals surface area contributed by atoms with Crippen molar-refractivity contribution in [3.63, 3.8) is 0 Å². The third-order valence-electron chi connectivity index (χ3n) is 4.67. The number of carbonyl (C=O) groups is 1. The number of nitrogen functional groups attached to an aromatic ring is 1. The van der Waals surface area contributed by atoms with Gasteiger partial charge in [-0.2, -0.15) is 0 Å². The van der Waals surface area contributed by atoms with E-state index in [0.29, 0.717) is 29.8 Å². The fourth-order valence-electron chi connectivity index (χ4n) is 2.92. The predicted molar refractivity (Wildman–Crippen MR) is 109 cm³/mol. The molecular formula is C21H19N3O3S. The minimum atomic E-state index is -3.27. The van der Waals surface area contributed by atoms with Crippen LogP contribution in [0.1, 0.15) is 23.2 Å². The number of anilines is 2. The summed E-state index contributed by atoms with van der Waals surface area (Å²) in [4.78, 5) is 17.1. The molecule has 1 amide bonds. The van der Waals surface area contributed by atoms with Gasteiger partial charge in [0, 0.05) is 17.3 Å². The Morgan fingerprint density at radius 2 is 1.79 bits per heavy atom. The van der Waals surface area contributed by atoms with E-state index in [-0.39, 0.29) is 16.1 Å². The topological polar surface area (TPSA) is 102 Å². The molecule has 7 heteroatoms. The standard InChI is InChI=1S/C21H19N3O3S/c22-18-11-6-15(19-3-1-2-12-23-19)13-20(18)24-21(25)14-4-7-16(8-5-14)28(26,27)17-9-10-17/h1-8,11-13,17H,9-10,22H2,(H,24,25). The molecule has 0 atom stereocenters. The first-order chi connectivity index (χ1) is 13.4. The van der Waals surface area contributed by atoms with Crippen molar-refractivity contribution in [1.82, 2.24) is 4.98 Å². The van der Waals surface area contributed by atoms with Gasteiger partial charge in [-0.1, -0.05) is 12.1 Å². The minimum Gasteiger partial charge on any atom is -0.397 e. The minimum absolute atomic E-state index is 0.253. The largest absolute Gasteiger partial charge is 0.397 e. The molecule has 0 radical (unpaired) electrons. The van der Waals surface area contributed by atoms with Gasteiger partial charge in [-0.3, -0.25) is 9.78 Å². The zero-order valence-corrected chi connectivity index (χ0v) is 15.8. The Kier molecular flexibility index (Phi) is 4.60. The summed E-state index contributed by atoms with van der Waals surface area (Å²) in [5.74, 6) is -0.361. The Morgan fingerprint density at radius 1 is 1.04 bits per heavy atom. The summed E-state index contributed by atoms with van der Waals surface area (Å²) in [5.41, 5.74) is 8.87. The predicted octanol–water partition coefficient (Wildman–Crippen LogP) is 3.52. The summed E-state index contributed by atoms with van der Waals surface area (Å²) in [7, 11) is -3.27. The maximum absolute atomic E-state index is 12.6. The van der Waals surface area contributed by atoms with Crippen LogP contribution in [-0.2, 0) is 9.84 Å². The highest BCUT2D eigenvalue weighted by molar-refractivity contribution is 7.92. The van der Waals surface area contributed by atoms with E-state index >= 15 is 0 Å². The van der Waals surface area contributed by atoms with Crippen molar-refractivity contribution in [1.29, 1.82) is 0 Å². The van der Waals surface area contributed by atoms with E-state index in [1.165, 1.54) is 24.3 Å². The molecule has 0 spiro atoms. The van der Waals surface area contributed by atoms with Crippen LogP contribution < -0.4 is 11.1 Å². The Morgan fingerprint density at radius 3 is 2.43 bits per heavy atom. The maximum Gasteiger partial charge on any atom is 0.255 e. The van der Waals surface area contributed by atoms with E-state index in [0.717, 1.165) is 11.3 Å². The second-order valence-corrected chi connectivity index (χ2v) is 8.97. The van der Waals surface area contributed by atoms with Gasteiger partial charge in [-0.15, -0.1) is 0 Å². The van der Waals surface area contributed by atoms with Gasteiger partial charge >= 0.3 is 0 Å². The molecule has 0 saturated heterocycles. The molecule has 0 aliphatic heterocycles. The average Bonchev–Trinajstić information content (AvgIpc) is 3.56. The second kappa shape index (κ2) is 7.09. The number of nitrogens with two attached hydrogens (primary N) is 1. The molecule has 1 heterocycles. The lowest BCUT2D eigenvalue weighted by Crippen LogP contribution is -2.14. The lowest BCUT2D eigenvalue weighted by molar-refractivity contribution is 0.102. The van der Waals surface area contributed by atoms with Crippen LogP contribution in [0.2, 0.25) is 0 Å². The number of carbonyl (C=O) groups excluding carboxylic acids is 1. The Hall–Kier alpha value is -3.19. The van der Waals surface area contributed by atoms with Crippen LogP contribution >= 0.6 is 0 Å². The van der Waals surface area contributed by atoms with E-state index in [2.05, 4.69) is 10.3 Å². The maximum atomic E-state index is 12.6. The van der Waals surface area contributed by atoms with E-state index in [9.17, 15) is 13.2 Å². The van der Waals surface area contributed by atoms with Crippen molar-refractivity contribution in [3.05, 3.63) is 72.4 Å². The lowest BCUT2D eigenvalue weighted by Gasteiger charge is -2.11. The molecule has 4 rings (SSSR count). The zero-order chi connectivity index (χ0) is 19.7. The summed E-state index contributed by atoms with van der Waals surface area (Å²) < 4.78 is 24.5. The molecular weight excluding hydrogens is 374 g/mol. The molecule has 3 N–H and O–H groups in total. The van der Waals surface area contributed by atoms with Crippen molar-refractivity contribution in [2.24, 2.45) is 0 Å². The third-order valence-corrected chi connectivity index (χ3v) is 6.95. The van der Waals surface area contributed by atoms with Crippen LogP contribution in [0.15, 0.2) is 71.8 Å². The van der Waals surface area contributed by atoms with Crippen LogP contribution in [0.4, 0.5) is 11.4 Å². The molecule has 2 aromatic carbocycles. The highest BCUT2D eigenvalue weighted by Gasteiger charge is 2.36. The van der Waals surface area contributed by atoms with Gasteiger partial charge in [-0.25, -0.2) is 8.42 Å². The number of pyridine rings is 1. The van der Waals surface area contributed by atoms with Crippen molar-refractivity contribution < 1.29 is 13.2 Å². The summed E-state index contributed by atoms with van der Waals surface area (Å²) in [6.07, 6.45) is 3.11. The monoisotopic (exact) mass is 393 g/mol. The number of hydrogen-bond donors (Lipinski definition) is 2. The molecule has 28 heavy (non-hydrogen) atoms. The molecule has 0 unspecified atom stereocenters. The van der Waals surface area contributed by atoms with Crippen molar-refractivity contribution in [2.45, 2.75) is 23.0 Å². The highest BCUT2D eigenvalue weighted by atomic mass is 32.2. The normalized spacial score (nSPS) is 13.9. The number of aromatic nitrogens is 1. The molecule has 1 fully saturated rings. The molecule has 3 aromatic rings. The van der Waals surface area contributed by atoms with E-state index in [1.807, 2.05) is 24.3 Å². The van der Waals surface area contributed by atoms with E-state index < -0.39 is 9.84 Å². The SMILES string of the molecule is Nc1ccc(-c2ccccn2)cc1NC(=O)c1ccc(S(=O)(=O)C2CC2)cc1. The molecule has 6 nitrogen and oxygen atoms in total. The first-order valence-electron chi connectivity index (χ1n) is 8.91. The van der Waals surface area contributed by atoms with Crippen LogP contribution in [0, 0.1) is 0 Å². The summed E-state index contributed by atoms with van der Waals surface area (Å²) in [6.45, 7) is 0. The summed E-state index contributed by atoms with van der Waals surface area (Å²) in [6, 6.07) is 16.9. The van der Waals surface area contributed by atoms with Gasteiger partial charge in [0.1, 0.15) is 0 Å². The highest BCUT2D eigenvalue weighted by Crippen LogP contribution is 2.33. The molecule has 1 aliphatic rings. The van der Waals surface area contributed by atoms with Gasteiger partial charge in [0.2, 0.25) is 0 Å². The first kappa shape index (κ1) is 18.2. The number of benzene rings is 2. The number of amides is 1. The smallest absolute Gasteiger partial charge is 0.255 e.